The number of nitrogens with zero attached hydrogens (tertiary/aromatic N) is 3. The summed E-state index contributed by atoms with van der Waals surface area (Å²) in [6.07, 6.45) is 0. The smallest absolute Gasteiger partial charge is 0.184 e. The van der Waals surface area contributed by atoms with Gasteiger partial charge in [0.15, 0.2) is 11.4 Å². The van der Waals surface area contributed by atoms with E-state index in [1.54, 1.807) is 4.90 Å². The standard InChI is InChI=1S/C19H22N4S/c1-20-17-9-5-6-10-18(17)23(19(20)24)15-21-11-13-22(14-12-21)16-7-3-2-4-8-16/h2-10H,11-15H2,1H3/p+1. The van der Waals surface area contributed by atoms with Crippen LogP contribution in [0.5, 0.6) is 0 Å². The summed E-state index contributed by atoms with van der Waals surface area (Å²) in [5.74, 6) is 0. The molecule has 1 aromatic heterocycles. The van der Waals surface area contributed by atoms with Gasteiger partial charge in [0.05, 0.1) is 37.2 Å². The van der Waals surface area contributed by atoms with E-state index >= 15 is 0 Å². The Kier molecular flexibility index (Phi) is 4.12. The fourth-order valence-corrected chi connectivity index (χ4v) is 3.88. The molecule has 1 aliphatic heterocycles. The van der Waals surface area contributed by atoms with Crippen molar-refractivity contribution in [2.24, 2.45) is 7.05 Å². The largest absolute Gasteiger partial charge is 0.360 e. The van der Waals surface area contributed by atoms with Crippen LogP contribution in [0.25, 0.3) is 11.0 Å². The molecule has 0 amide bonds. The van der Waals surface area contributed by atoms with Crippen molar-refractivity contribution < 1.29 is 4.90 Å². The van der Waals surface area contributed by atoms with Gasteiger partial charge in [0, 0.05) is 12.7 Å². The third-order valence-corrected chi connectivity index (χ3v) is 5.52. The van der Waals surface area contributed by atoms with Gasteiger partial charge in [-0.1, -0.05) is 30.3 Å². The van der Waals surface area contributed by atoms with E-state index in [0.29, 0.717) is 0 Å². The van der Waals surface area contributed by atoms with Gasteiger partial charge in [-0.2, -0.15) is 0 Å². The number of rotatable bonds is 3. The molecular weight excluding hydrogens is 316 g/mol. The zero-order chi connectivity index (χ0) is 16.5. The molecule has 0 radical (unpaired) electrons. The van der Waals surface area contributed by atoms with Gasteiger partial charge in [-0.25, -0.2) is 0 Å². The normalized spacial score (nSPS) is 16.0. The first-order valence-electron chi connectivity index (χ1n) is 8.52. The van der Waals surface area contributed by atoms with E-state index in [9.17, 15) is 0 Å². The average molecular weight is 339 g/mol. The maximum atomic E-state index is 5.66. The number of imidazole rings is 1. The second-order valence-corrected chi connectivity index (χ2v) is 6.85. The average Bonchev–Trinajstić information content (AvgIpc) is 2.88. The highest BCUT2D eigenvalue weighted by Gasteiger charge is 2.21. The Morgan fingerprint density at radius 3 is 2.25 bits per heavy atom. The van der Waals surface area contributed by atoms with Crippen molar-refractivity contribution >= 4 is 28.9 Å². The molecule has 0 spiro atoms. The topological polar surface area (TPSA) is 17.5 Å². The Labute approximate surface area is 147 Å². The second-order valence-electron chi connectivity index (χ2n) is 6.49. The minimum atomic E-state index is 0.911. The quantitative estimate of drug-likeness (QED) is 0.736. The maximum Gasteiger partial charge on any atom is 0.184 e. The van der Waals surface area contributed by atoms with Crippen LogP contribution < -0.4 is 9.80 Å². The maximum absolute atomic E-state index is 5.66. The highest BCUT2D eigenvalue weighted by Crippen LogP contribution is 2.16. The fraction of sp³-hybridized carbons (Fsp3) is 0.316. The molecule has 1 fully saturated rings. The summed E-state index contributed by atoms with van der Waals surface area (Å²) in [6, 6.07) is 19.2. The Hall–Kier alpha value is -2.11. The molecule has 0 unspecified atom stereocenters. The van der Waals surface area contributed by atoms with Crippen LogP contribution >= 0.6 is 12.2 Å². The van der Waals surface area contributed by atoms with E-state index < -0.39 is 0 Å². The first-order valence-corrected chi connectivity index (χ1v) is 8.92. The monoisotopic (exact) mass is 339 g/mol. The Morgan fingerprint density at radius 2 is 1.54 bits per heavy atom. The highest BCUT2D eigenvalue weighted by atomic mass is 32.1. The predicted octanol–water partition coefficient (Wildman–Crippen LogP) is 2.07. The van der Waals surface area contributed by atoms with Crippen molar-refractivity contribution in [1.29, 1.82) is 0 Å². The zero-order valence-corrected chi connectivity index (χ0v) is 14.8. The van der Waals surface area contributed by atoms with Crippen LogP contribution in [-0.4, -0.2) is 35.3 Å². The van der Waals surface area contributed by atoms with E-state index in [-0.39, 0.29) is 0 Å². The number of piperazine rings is 1. The summed E-state index contributed by atoms with van der Waals surface area (Å²) >= 11 is 5.66. The molecule has 2 heterocycles. The van der Waals surface area contributed by atoms with E-state index in [1.807, 2.05) is 0 Å². The first kappa shape index (κ1) is 15.4. The first-order chi connectivity index (χ1) is 11.7. The SMILES string of the molecule is Cn1c(=S)n(C[NH+]2CCN(c3ccccc3)CC2)c2ccccc21. The molecule has 1 aliphatic rings. The molecule has 4 nitrogen and oxygen atoms in total. The number of para-hydroxylation sites is 3. The molecule has 0 bridgehead atoms. The van der Waals surface area contributed by atoms with E-state index in [4.69, 9.17) is 12.2 Å². The summed E-state index contributed by atoms with van der Waals surface area (Å²) in [6.45, 7) is 5.41. The van der Waals surface area contributed by atoms with Crippen molar-refractivity contribution in [2.45, 2.75) is 6.67 Å². The van der Waals surface area contributed by atoms with Crippen LogP contribution in [-0.2, 0) is 13.7 Å². The number of aromatic nitrogens is 2. The van der Waals surface area contributed by atoms with Crippen molar-refractivity contribution in [2.75, 3.05) is 31.1 Å². The molecule has 2 aromatic carbocycles. The van der Waals surface area contributed by atoms with Gasteiger partial charge in [-0.05, 0) is 36.5 Å². The number of hydrogen-bond acceptors (Lipinski definition) is 2. The highest BCUT2D eigenvalue weighted by molar-refractivity contribution is 7.71. The molecule has 1 N–H and O–H groups in total. The molecule has 0 aliphatic carbocycles. The third kappa shape index (κ3) is 2.74. The summed E-state index contributed by atoms with van der Waals surface area (Å²) in [7, 11) is 2.06. The van der Waals surface area contributed by atoms with Crippen LogP contribution in [0.15, 0.2) is 54.6 Å². The second kappa shape index (κ2) is 6.42. The third-order valence-electron chi connectivity index (χ3n) is 5.03. The molecule has 24 heavy (non-hydrogen) atoms. The Morgan fingerprint density at radius 1 is 0.917 bits per heavy atom. The van der Waals surface area contributed by atoms with Gasteiger partial charge in [0.25, 0.3) is 0 Å². The molecule has 0 saturated carbocycles. The van der Waals surface area contributed by atoms with Gasteiger partial charge in [0.2, 0.25) is 0 Å². The lowest BCUT2D eigenvalue weighted by atomic mass is 10.2. The molecule has 0 atom stereocenters. The van der Waals surface area contributed by atoms with E-state index in [0.717, 1.165) is 37.6 Å². The summed E-state index contributed by atoms with van der Waals surface area (Å²) < 4.78 is 5.32. The number of anilines is 1. The minimum Gasteiger partial charge on any atom is -0.360 e. The van der Waals surface area contributed by atoms with Gasteiger partial charge in [0.1, 0.15) is 0 Å². The lowest BCUT2D eigenvalue weighted by Crippen LogP contribution is -3.14. The zero-order valence-electron chi connectivity index (χ0n) is 14.0. The van der Waals surface area contributed by atoms with Crippen LogP contribution in [0.4, 0.5) is 5.69 Å². The lowest BCUT2D eigenvalue weighted by molar-refractivity contribution is -0.923. The van der Waals surface area contributed by atoms with Gasteiger partial charge in [-0.3, -0.25) is 4.57 Å². The molecule has 124 valence electrons. The van der Waals surface area contributed by atoms with E-state index in [2.05, 4.69) is 75.7 Å². The van der Waals surface area contributed by atoms with Crippen LogP contribution in [0.3, 0.4) is 0 Å². The van der Waals surface area contributed by atoms with Crippen molar-refractivity contribution in [3.8, 4) is 0 Å². The number of aryl methyl sites for hydroxylation is 1. The number of benzene rings is 2. The van der Waals surface area contributed by atoms with Crippen LogP contribution in [0, 0.1) is 4.77 Å². The van der Waals surface area contributed by atoms with Crippen molar-refractivity contribution in [1.82, 2.24) is 9.13 Å². The summed E-state index contributed by atoms with van der Waals surface area (Å²) in [5.41, 5.74) is 3.78. The van der Waals surface area contributed by atoms with Crippen molar-refractivity contribution in [3.63, 3.8) is 0 Å². The van der Waals surface area contributed by atoms with Crippen molar-refractivity contribution in [3.05, 3.63) is 59.4 Å². The number of quaternary nitrogens is 1. The fourth-order valence-electron chi connectivity index (χ4n) is 3.62. The Balaban J connectivity index is 1.50. The molecule has 3 aromatic rings. The summed E-state index contributed by atoms with van der Waals surface area (Å²) in [5, 5.41) is 0. The summed E-state index contributed by atoms with van der Waals surface area (Å²) in [4.78, 5) is 4.07. The van der Waals surface area contributed by atoms with Gasteiger partial charge >= 0.3 is 0 Å². The number of hydrogen-bond donors (Lipinski definition) is 1. The predicted molar refractivity (Wildman–Crippen MR) is 101 cm³/mol. The number of fused-ring (bicyclic) bond motifs is 1. The molecule has 4 rings (SSSR count). The van der Waals surface area contributed by atoms with Crippen LogP contribution in [0.2, 0.25) is 0 Å². The lowest BCUT2D eigenvalue weighted by Gasteiger charge is -2.33. The van der Waals surface area contributed by atoms with Gasteiger partial charge in [-0.15, -0.1) is 0 Å². The molecule has 1 saturated heterocycles. The molecule has 5 heteroatoms. The number of nitrogens with one attached hydrogen (secondary N) is 1. The van der Waals surface area contributed by atoms with E-state index in [1.165, 1.54) is 16.7 Å². The van der Waals surface area contributed by atoms with Crippen LogP contribution in [0.1, 0.15) is 0 Å². The van der Waals surface area contributed by atoms with Gasteiger partial charge < -0.3 is 14.4 Å². The minimum absolute atomic E-state index is 0.911. The molecular formula is C19H23N4S+. The Bertz CT molecular complexity index is 889.